The minimum Gasteiger partial charge on any atom is -0.480 e. The van der Waals surface area contributed by atoms with Crippen molar-refractivity contribution < 1.29 is 23.1 Å². The van der Waals surface area contributed by atoms with Crippen molar-refractivity contribution >= 4 is 44.7 Å². The molecule has 1 saturated carbocycles. The number of carbonyl (C=O) groups is 2. The first-order chi connectivity index (χ1) is 16.8. The first kappa shape index (κ1) is 23.7. The first-order valence-electron chi connectivity index (χ1n) is 12.2. The number of hydrogen-bond donors (Lipinski definition) is 2. The topological polar surface area (TPSA) is 121 Å². The molecular formula is C25H30N4O5S. The number of fused-ring (bicyclic) bond motifs is 1. The van der Waals surface area contributed by atoms with E-state index in [1.54, 1.807) is 35.0 Å². The van der Waals surface area contributed by atoms with Crippen LogP contribution in [0.4, 0.5) is 0 Å². The number of hydrogen-bond acceptors (Lipinski definition) is 5. The number of aliphatic carboxylic acids is 1. The number of carbonyl (C=O) groups excluding carboxylic acids is 1. The van der Waals surface area contributed by atoms with E-state index < -0.39 is 21.5 Å². The van der Waals surface area contributed by atoms with E-state index in [2.05, 4.69) is 5.32 Å². The molecule has 10 heteroatoms. The number of sulfonamides is 1. The second-order valence-electron chi connectivity index (χ2n) is 9.68. The van der Waals surface area contributed by atoms with Gasteiger partial charge < -0.3 is 15.0 Å². The molecule has 0 radical (unpaired) electrons. The van der Waals surface area contributed by atoms with Crippen LogP contribution in [-0.4, -0.2) is 58.7 Å². The summed E-state index contributed by atoms with van der Waals surface area (Å²) in [5, 5.41) is 14.1. The van der Waals surface area contributed by atoms with Gasteiger partial charge in [0.05, 0.1) is 0 Å². The number of benzene rings is 1. The van der Waals surface area contributed by atoms with Gasteiger partial charge in [0.25, 0.3) is 5.91 Å². The van der Waals surface area contributed by atoms with E-state index in [-0.39, 0.29) is 25.5 Å². The maximum Gasteiger partial charge on any atom is 0.323 e. The number of nitrogens with one attached hydrogen (secondary N) is 1. The van der Waals surface area contributed by atoms with Crippen LogP contribution in [0.3, 0.4) is 0 Å². The van der Waals surface area contributed by atoms with Crippen LogP contribution in [-0.2, 0) is 26.2 Å². The normalized spacial score (nSPS) is 21.6. The highest BCUT2D eigenvalue weighted by Crippen LogP contribution is 2.35. The standard InChI is InChI=1S/C25H30N4O5S/c30-22(31)17-28-13-9-20-18(7-4-8-21(20)28)10-16-35(33,34)29-14-11-25(12-15-29)24(32)26-23(27-25)19-5-2-1-3-6-19/h4,7-10,13,16,19H,1-3,5-6,11-12,14-15,17H2,(H,30,31)(H,26,27,32). The number of amides is 1. The number of nitrogens with zero attached hydrogens (tertiary/aromatic N) is 3. The molecule has 0 bridgehead atoms. The smallest absolute Gasteiger partial charge is 0.323 e. The number of aliphatic imine (C=N–C) groups is 1. The summed E-state index contributed by atoms with van der Waals surface area (Å²) < 4.78 is 29.1. The number of rotatable bonds is 6. The third kappa shape index (κ3) is 4.64. The van der Waals surface area contributed by atoms with Gasteiger partial charge in [-0.3, -0.25) is 14.6 Å². The molecule has 3 heterocycles. The van der Waals surface area contributed by atoms with Crippen molar-refractivity contribution in [2.75, 3.05) is 13.1 Å². The fourth-order valence-corrected chi connectivity index (χ4v) is 6.66. The summed E-state index contributed by atoms with van der Waals surface area (Å²) in [7, 11) is -3.69. The Kier molecular flexibility index (Phi) is 6.27. The van der Waals surface area contributed by atoms with Crippen LogP contribution in [0.2, 0.25) is 0 Å². The molecular weight excluding hydrogens is 468 g/mol. The van der Waals surface area contributed by atoms with Crippen LogP contribution in [0, 0.1) is 5.92 Å². The van der Waals surface area contributed by atoms with Crippen molar-refractivity contribution in [2.24, 2.45) is 10.9 Å². The molecule has 5 rings (SSSR count). The molecule has 1 aliphatic carbocycles. The predicted octanol–water partition coefficient (Wildman–Crippen LogP) is 2.97. The number of aromatic nitrogens is 1. The first-order valence-corrected chi connectivity index (χ1v) is 13.7. The fraction of sp³-hybridized carbons (Fsp3) is 0.480. The fourth-order valence-electron chi connectivity index (χ4n) is 5.48. The lowest BCUT2D eigenvalue weighted by Crippen LogP contribution is -2.50. The minimum atomic E-state index is -3.69. The third-order valence-corrected chi connectivity index (χ3v) is 9.04. The Balaban J connectivity index is 1.29. The largest absolute Gasteiger partial charge is 0.480 e. The van der Waals surface area contributed by atoms with Crippen LogP contribution in [0.15, 0.2) is 40.9 Å². The van der Waals surface area contributed by atoms with Gasteiger partial charge >= 0.3 is 5.97 Å². The summed E-state index contributed by atoms with van der Waals surface area (Å²) >= 11 is 0. The van der Waals surface area contributed by atoms with E-state index in [9.17, 15) is 18.0 Å². The highest BCUT2D eigenvalue weighted by molar-refractivity contribution is 7.92. The zero-order valence-corrected chi connectivity index (χ0v) is 20.3. The van der Waals surface area contributed by atoms with E-state index in [1.165, 1.54) is 16.1 Å². The quantitative estimate of drug-likeness (QED) is 0.634. The molecule has 1 aromatic carbocycles. The molecule has 1 spiro atoms. The van der Waals surface area contributed by atoms with E-state index in [0.717, 1.165) is 42.4 Å². The summed E-state index contributed by atoms with van der Waals surface area (Å²) in [6, 6.07) is 7.17. The molecule has 1 aromatic heterocycles. The second-order valence-corrected chi connectivity index (χ2v) is 11.5. The number of piperidine rings is 1. The Morgan fingerprint density at radius 1 is 1.17 bits per heavy atom. The Bertz CT molecular complexity index is 1310. The molecule has 9 nitrogen and oxygen atoms in total. The van der Waals surface area contributed by atoms with Gasteiger partial charge in [-0.2, -0.15) is 4.31 Å². The second kappa shape index (κ2) is 9.23. The lowest BCUT2D eigenvalue weighted by molar-refractivity contribution is -0.137. The molecule has 1 amide bonds. The summed E-state index contributed by atoms with van der Waals surface area (Å²) in [6.45, 7) is 0.310. The average molecular weight is 499 g/mol. The van der Waals surface area contributed by atoms with Gasteiger partial charge in [0.2, 0.25) is 10.0 Å². The highest BCUT2D eigenvalue weighted by Gasteiger charge is 2.48. The molecule has 3 aliphatic rings. The van der Waals surface area contributed by atoms with Crippen molar-refractivity contribution in [1.82, 2.24) is 14.2 Å². The third-order valence-electron chi connectivity index (χ3n) is 7.47. The van der Waals surface area contributed by atoms with E-state index in [0.29, 0.717) is 24.3 Å². The molecule has 35 heavy (non-hydrogen) atoms. The van der Waals surface area contributed by atoms with Gasteiger partial charge in [-0.15, -0.1) is 0 Å². The lowest BCUT2D eigenvalue weighted by atomic mass is 9.88. The van der Waals surface area contributed by atoms with Crippen LogP contribution < -0.4 is 5.32 Å². The molecule has 1 saturated heterocycles. The van der Waals surface area contributed by atoms with Gasteiger partial charge in [-0.1, -0.05) is 31.4 Å². The van der Waals surface area contributed by atoms with Crippen molar-refractivity contribution in [3.63, 3.8) is 0 Å². The molecule has 0 atom stereocenters. The maximum atomic E-state index is 13.1. The van der Waals surface area contributed by atoms with E-state index in [4.69, 9.17) is 10.1 Å². The van der Waals surface area contributed by atoms with Gasteiger partial charge in [0.15, 0.2) is 0 Å². The Morgan fingerprint density at radius 2 is 1.91 bits per heavy atom. The van der Waals surface area contributed by atoms with Crippen LogP contribution in [0.25, 0.3) is 17.0 Å². The number of amidine groups is 1. The Morgan fingerprint density at radius 3 is 2.63 bits per heavy atom. The summed E-state index contributed by atoms with van der Waals surface area (Å²) in [6.07, 6.45) is 9.61. The van der Waals surface area contributed by atoms with Gasteiger partial charge in [-0.25, -0.2) is 8.42 Å². The molecule has 0 unspecified atom stereocenters. The lowest BCUT2D eigenvalue weighted by Gasteiger charge is -2.34. The van der Waals surface area contributed by atoms with Gasteiger partial charge in [-0.05, 0) is 49.5 Å². The van der Waals surface area contributed by atoms with Gasteiger partial charge in [0.1, 0.15) is 17.9 Å². The molecule has 2 aromatic rings. The highest BCUT2D eigenvalue weighted by atomic mass is 32.2. The Hall–Kier alpha value is -2.98. The molecule has 2 fully saturated rings. The Labute approximate surface area is 204 Å². The predicted molar refractivity (Wildman–Crippen MR) is 133 cm³/mol. The number of carboxylic acid groups (broad SMARTS) is 1. The van der Waals surface area contributed by atoms with Crippen LogP contribution >= 0.6 is 0 Å². The van der Waals surface area contributed by atoms with Crippen molar-refractivity contribution in [3.05, 3.63) is 41.4 Å². The zero-order valence-electron chi connectivity index (χ0n) is 19.5. The van der Waals surface area contributed by atoms with E-state index in [1.807, 2.05) is 6.07 Å². The van der Waals surface area contributed by atoms with Crippen molar-refractivity contribution in [1.29, 1.82) is 0 Å². The summed E-state index contributed by atoms with van der Waals surface area (Å²) in [5.41, 5.74) is 0.576. The SMILES string of the molecule is O=C(O)Cn1ccc2c(C=CS(=O)(=O)N3CCC4(CC3)N=C(C3CCCCC3)NC4=O)cccc21. The molecule has 2 aliphatic heterocycles. The molecule has 2 N–H and O–H groups in total. The summed E-state index contributed by atoms with van der Waals surface area (Å²) in [5.74, 6) is 0.0712. The monoisotopic (exact) mass is 498 g/mol. The van der Waals surface area contributed by atoms with Crippen LogP contribution in [0.1, 0.15) is 50.5 Å². The van der Waals surface area contributed by atoms with E-state index >= 15 is 0 Å². The number of carboxylic acids is 1. The maximum absolute atomic E-state index is 13.1. The average Bonchev–Trinajstić information content (AvgIpc) is 3.39. The minimum absolute atomic E-state index is 0.0942. The van der Waals surface area contributed by atoms with Gasteiger partial charge in [0, 0.05) is 41.5 Å². The van der Waals surface area contributed by atoms with Crippen molar-refractivity contribution in [3.8, 4) is 0 Å². The van der Waals surface area contributed by atoms with Crippen molar-refractivity contribution in [2.45, 2.75) is 57.0 Å². The van der Waals surface area contributed by atoms with Crippen LogP contribution in [0.5, 0.6) is 0 Å². The summed E-state index contributed by atoms with van der Waals surface area (Å²) in [4.78, 5) is 28.7. The molecule has 186 valence electrons. The zero-order chi connectivity index (χ0) is 24.6.